The summed E-state index contributed by atoms with van der Waals surface area (Å²) in [5, 5.41) is 3.00. The summed E-state index contributed by atoms with van der Waals surface area (Å²) in [5.41, 5.74) is 0.942. The lowest BCUT2D eigenvalue weighted by Gasteiger charge is -2.49. The van der Waals surface area contributed by atoms with Crippen molar-refractivity contribution in [3.63, 3.8) is 0 Å². The largest absolute Gasteiger partial charge is 0.369 e. The summed E-state index contributed by atoms with van der Waals surface area (Å²) in [6, 6.07) is 2.74. The van der Waals surface area contributed by atoms with Crippen LogP contribution in [0.4, 0.5) is 8.78 Å². The van der Waals surface area contributed by atoms with E-state index in [9.17, 15) is 13.6 Å². The Balaban J connectivity index is 1.38. The van der Waals surface area contributed by atoms with E-state index in [4.69, 9.17) is 4.74 Å². The number of fused-ring (bicyclic) bond motifs is 2. The smallest absolute Gasteiger partial charge is 0.243 e. The lowest BCUT2D eigenvalue weighted by Crippen LogP contribution is -2.54. The van der Waals surface area contributed by atoms with E-state index in [1.54, 1.807) is 18.3 Å². The highest BCUT2D eigenvalue weighted by Gasteiger charge is 2.45. The number of nitrogens with zero attached hydrogens (tertiary/aromatic N) is 1. The lowest BCUT2D eigenvalue weighted by atomic mass is 9.77. The molecule has 0 radical (unpaired) electrons. The number of halogens is 2. The number of thiophene rings is 1. The number of likely N-dealkylation sites (tertiary alicyclic amines) is 1. The van der Waals surface area contributed by atoms with Gasteiger partial charge in [0.15, 0.2) is 0 Å². The van der Waals surface area contributed by atoms with Gasteiger partial charge in [-0.2, -0.15) is 0 Å². The Kier molecular flexibility index (Phi) is 5.78. The van der Waals surface area contributed by atoms with E-state index in [0.29, 0.717) is 24.6 Å². The van der Waals surface area contributed by atoms with Crippen LogP contribution in [-0.2, 0) is 28.0 Å². The molecule has 2 aliphatic heterocycles. The fourth-order valence-corrected chi connectivity index (χ4v) is 6.61. The second kappa shape index (κ2) is 8.00. The average molecular weight is 413 g/mol. The van der Waals surface area contributed by atoms with Crippen LogP contribution in [0.5, 0.6) is 0 Å². The number of rotatable bonds is 5. The summed E-state index contributed by atoms with van der Waals surface area (Å²) in [6.07, 6.45) is 2.39. The maximum Gasteiger partial charge on any atom is 0.243 e. The number of carbonyl (C=O) groups excluding carboxylic acids is 1. The van der Waals surface area contributed by atoms with Crippen LogP contribution in [0, 0.1) is 5.92 Å². The first kappa shape index (κ1) is 20.2. The summed E-state index contributed by atoms with van der Waals surface area (Å²) >= 11 is 1.54. The van der Waals surface area contributed by atoms with Gasteiger partial charge in [-0.3, -0.25) is 4.79 Å². The maximum absolute atomic E-state index is 12.8. The van der Waals surface area contributed by atoms with Crippen LogP contribution in [-0.4, -0.2) is 49.0 Å². The minimum atomic E-state index is -2.29. The molecule has 2 fully saturated rings. The van der Waals surface area contributed by atoms with Crippen molar-refractivity contribution in [1.29, 1.82) is 0 Å². The first-order valence-corrected chi connectivity index (χ1v) is 11.2. The molecule has 1 aliphatic carbocycles. The normalized spacial score (nSPS) is 33.0. The molecule has 1 N–H and O–H groups in total. The summed E-state index contributed by atoms with van der Waals surface area (Å²) in [6.45, 7) is 6.57. The minimum absolute atomic E-state index is 0.0594. The topological polar surface area (TPSA) is 41.6 Å². The molecule has 4 nitrogen and oxygen atoms in total. The number of hydrogen-bond donors (Lipinski definition) is 1. The van der Waals surface area contributed by atoms with Gasteiger partial charge in [-0.15, -0.1) is 11.3 Å². The van der Waals surface area contributed by atoms with Crippen molar-refractivity contribution >= 4 is 17.2 Å². The van der Waals surface area contributed by atoms with E-state index in [1.807, 2.05) is 6.07 Å². The molecule has 1 aromatic heterocycles. The van der Waals surface area contributed by atoms with Gasteiger partial charge < -0.3 is 15.0 Å². The zero-order valence-electron chi connectivity index (χ0n) is 16.7. The number of hydrogen-bond acceptors (Lipinski definition) is 4. The number of ether oxygens (including phenoxy) is 1. The van der Waals surface area contributed by atoms with Gasteiger partial charge in [-0.05, 0) is 56.6 Å². The van der Waals surface area contributed by atoms with Gasteiger partial charge in [0.1, 0.15) is 5.60 Å². The van der Waals surface area contributed by atoms with Crippen molar-refractivity contribution in [2.24, 2.45) is 5.92 Å². The van der Waals surface area contributed by atoms with E-state index in [-0.39, 0.29) is 17.9 Å². The molecule has 156 valence electrons. The minimum Gasteiger partial charge on any atom is -0.369 e. The second-order valence-corrected chi connectivity index (χ2v) is 9.92. The Morgan fingerprint density at radius 2 is 2.25 bits per heavy atom. The van der Waals surface area contributed by atoms with Gasteiger partial charge in [0, 0.05) is 48.3 Å². The Hall–Kier alpha value is -1.05. The van der Waals surface area contributed by atoms with Crippen molar-refractivity contribution in [3.05, 3.63) is 21.4 Å². The molecule has 28 heavy (non-hydrogen) atoms. The third-order valence-corrected chi connectivity index (χ3v) is 7.95. The first-order valence-electron chi connectivity index (χ1n) is 10.4. The highest BCUT2D eigenvalue weighted by molar-refractivity contribution is 7.12. The van der Waals surface area contributed by atoms with E-state index in [2.05, 4.69) is 17.1 Å². The predicted octanol–water partition coefficient (Wildman–Crippen LogP) is 3.72. The molecule has 3 heterocycles. The average Bonchev–Trinajstić information content (AvgIpc) is 2.98. The lowest BCUT2D eigenvalue weighted by molar-refractivity contribution is -0.121. The summed E-state index contributed by atoms with van der Waals surface area (Å²) in [4.78, 5) is 15.7. The number of nitrogens with one attached hydrogen (secondary N) is 1. The fourth-order valence-electron chi connectivity index (χ4n) is 5.22. The van der Waals surface area contributed by atoms with Crippen LogP contribution >= 0.6 is 11.3 Å². The monoisotopic (exact) mass is 412 g/mol. The van der Waals surface area contributed by atoms with Crippen molar-refractivity contribution in [2.75, 3.05) is 19.7 Å². The number of piperidine rings is 1. The predicted molar refractivity (Wildman–Crippen MR) is 106 cm³/mol. The molecule has 1 saturated carbocycles. The second-order valence-electron chi connectivity index (χ2n) is 8.79. The molecule has 1 spiro atoms. The quantitative estimate of drug-likeness (QED) is 0.801. The molecule has 1 saturated heterocycles. The standard InChI is InChI=1S/C21H30F2N2O2S/c1-13-11-21(4-5-25(13)12-15-7-17(8-15)24-14(2)26)20-16(3-6-27-21)9-18(28-20)10-19(22)23/h9,13,15,17,19H,3-8,10-12H2,1-2H3,(H,24,26)/t13-,15-,17+,21+/m0/s1. The molecule has 4 rings (SSSR count). The van der Waals surface area contributed by atoms with Crippen LogP contribution in [0.25, 0.3) is 0 Å². The van der Waals surface area contributed by atoms with E-state index in [1.165, 1.54) is 10.4 Å². The van der Waals surface area contributed by atoms with E-state index >= 15 is 0 Å². The van der Waals surface area contributed by atoms with Gasteiger partial charge in [0.2, 0.25) is 12.3 Å². The zero-order chi connectivity index (χ0) is 19.9. The summed E-state index contributed by atoms with van der Waals surface area (Å²) in [7, 11) is 0. The van der Waals surface area contributed by atoms with Crippen LogP contribution < -0.4 is 5.32 Å². The Labute approximate surface area is 169 Å². The number of amides is 1. The van der Waals surface area contributed by atoms with Crippen molar-refractivity contribution in [3.8, 4) is 0 Å². The molecule has 0 bridgehead atoms. The van der Waals surface area contributed by atoms with Crippen molar-refractivity contribution in [2.45, 2.75) is 76.5 Å². The van der Waals surface area contributed by atoms with Gasteiger partial charge in [-0.1, -0.05) is 0 Å². The van der Waals surface area contributed by atoms with Crippen LogP contribution in [0.2, 0.25) is 0 Å². The molecular formula is C21H30F2N2O2S. The number of alkyl halides is 2. The molecule has 3 aliphatic rings. The Morgan fingerprint density at radius 3 is 2.93 bits per heavy atom. The Bertz CT molecular complexity index is 719. The van der Waals surface area contributed by atoms with Gasteiger partial charge >= 0.3 is 0 Å². The number of carbonyl (C=O) groups is 1. The first-order chi connectivity index (χ1) is 13.3. The van der Waals surface area contributed by atoms with Crippen LogP contribution in [0.3, 0.4) is 0 Å². The molecular weight excluding hydrogens is 382 g/mol. The molecule has 0 aromatic carbocycles. The third kappa shape index (κ3) is 4.12. The molecule has 1 amide bonds. The highest BCUT2D eigenvalue weighted by Crippen LogP contribution is 2.47. The summed E-state index contributed by atoms with van der Waals surface area (Å²) in [5.74, 6) is 0.708. The Morgan fingerprint density at radius 1 is 1.46 bits per heavy atom. The highest BCUT2D eigenvalue weighted by atomic mass is 32.1. The fraction of sp³-hybridized carbons (Fsp3) is 0.762. The molecule has 7 heteroatoms. The summed E-state index contributed by atoms with van der Waals surface area (Å²) < 4.78 is 32.0. The van der Waals surface area contributed by atoms with E-state index < -0.39 is 6.43 Å². The zero-order valence-corrected chi connectivity index (χ0v) is 17.5. The van der Waals surface area contributed by atoms with Crippen molar-refractivity contribution < 1.29 is 18.3 Å². The van der Waals surface area contributed by atoms with Crippen LogP contribution in [0.1, 0.15) is 54.8 Å². The van der Waals surface area contributed by atoms with Gasteiger partial charge in [-0.25, -0.2) is 8.78 Å². The van der Waals surface area contributed by atoms with Gasteiger partial charge in [0.05, 0.1) is 6.61 Å². The third-order valence-electron chi connectivity index (χ3n) is 6.57. The van der Waals surface area contributed by atoms with Crippen molar-refractivity contribution in [1.82, 2.24) is 10.2 Å². The van der Waals surface area contributed by atoms with Crippen LogP contribution in [0.15, 0.2) is 6.07 Å². The molecule has 1 aromatic rings. The van der Waals surface area contributed by atoms with E-state index in [0.717, 1.165) is 50.1 Å². The maximum atomic E-state index is 12.8. The van der Waals surface area contributed by atoms with Gasteiger partial charge in [0.25, 0.3) is 0 Å². The molecule has 0 unspecified atom stereocenters. The SMILES string of the molecule is CC(=O)N[C@H]1C[C@@H](CN2CC[C@]3(C[C@@H]2C)OCCc2cc(CC(F)F)sc23)C1. The molecule has 2 atom stereocenters.